The minimum atomic E-state index is 0.114. The third kappa shape index (κ3) is 2.56. The van der Waals surface area contributed by atoms with Gasteiger partial charge in [-0.1, -0.05) is 12.2 Å². The van der Waals surface area contributed by atoms with Gasteiger partial charge >= 0.3 is 0 Å². The third-order valence-corrected chi connectivity index (χ3v) is 3.19. The Balaban J connectivity index is 2.41. The highest BCUT2D eigenvalue weighted by Gasteiger charge is 2.31. The van der Waals surface area contributed by atoms with E-state index in [0.717, 1.165) is 29.8 Å². The fourth-order valence-corrected chi connectivity index (χ4v) is 2.27. The van der Waals surface area contributed by atoms with Gasteiger partial charge in [0.15, 0.2) is 0 Å². The molecular weight excluding hydrogens is 234 g/mol. The van der Waals surface area contributed by atoms with Crippen molar-refractivity contribution in [2.45, 2.75) is 25.8 Å². The number of hydrogen-bond donors (Lipinski definition) is 2. The summed E-state index contributed by atoms with van der Waals surface area (Å²) in [7, 11) is 0. The maximum atomic E-state index is 9.14. The van der Waals surface area contributed by atoms with Gasteiger partial charge in [-0.15, -0.1) is 0 Å². The highest BCUT2D eigenvalue weighted by atomic mass is 32.1. The maximum absolute atomic E-state index is 9.14. The molecule has 1 aliphatic carbocycles. The second-order valence-corrected chi connectivity index (χ2v) is 4.78. The molecule has 5 heteroatoms. The normalized spacial score (nSPS) is 14.7. The number of rotatable bonds is 5. The molecule has 17 heavy (non-hydrogen) atoms. The van der Waals surface area contributed by atoms with E-state index in [1.165, 1.54) is 0 Å². The number of aromatic nitrogens is 1. The first-order chi connectivity index (χ1) is 8.15. The molecule has 0 saturated heterocycles. The number of thiocarbonyl (C=S) groups is 1. The van der Waals surface area contributed by atoms with Gasteiger partial charge in [0.05, 0.1) is 12.2 Å². The van der Waals surface area contributed by atoms with Crippen LogP contribution in [0, 0.1) is 6.92 Å². The van der Waals surface area contributed by atoms with Gasteiger partial charge in [-0.2, -0.15) is 0 Å². The zero-order valence-electron chi connectivity index (χ0n) is 9.89. The van der Waals surface area contributed by atoms with Crippen LogP contribution in [-0.4, -0.2) is 34.3 Å². The quantitative estimate of drug-likeness (QED) is 0.764. The monoisotopic (exact) mass is 251 g/mol. The molecule has 0 amide bonds. The number of aliphatic hydroxyl groups is 1. The first-order valence-electron chi connectivity index (χ1n) is 5.78. The molecule has 0 aromatic carbocycles. The Hall–Kier alpha value is -1.20. The summed E-state index contributed by atoms with van der Waals surface area (Å²) in [6.45, 7) is 2.67. The Bertz CT molecular complexity index is 432. The molecule has 0 unspecified atom stereocenters. The van der Waals surface area contributed by atoms with Crippen molar-refractivity contribution in [1.82, 2.24) is 4.98 Å². The summed E-state index contributed by atoms with van der Waals surface area (Å²) in [4.78, 5) is 6.87. The number of anilines is 1. The minimum Gasteiger partial charge on any atom is -0.395 e. The number of aryl methyl sites for hydroxylation is 1. The van der Waals surface area contributed by atoms with Crippen molar-refractivity contribution in [3.63, 3.8) is 0 Å². The Labute approximate surface area is 106 Å². The summed E-state index contributed by atoms with van der Waals surface area (Å²) in [6.07, 6.45) is 4.05. The standard InChI is InChI=1S/C12H17N3OS/c1-8-4-5-14-12(10(8)11(13)17)15(6-7-16)9-2-3-9/h4-5,9,16H,2-3,6-7H2,1H3,(H2,13,17). The molecule has 1 saturated carbocycles. The first kappa shape index (κ1) is 12.3. The van der Waals surface area contributed by atoms with Crippen molar-refractivity contribution in [3.05, 3.63) is 23.4 Å². The fraction of sp³-hybridized carbons (Fsp3) is 0.500. The maximum Gasteiger partial charge on any atom is 0.139 e. The van der Waals surface area contributed by atoms with Crippen LogP contribution in [-0.2, 0) is 0 Å². The van der Waals surface area contributed by atoms with Gasteiger partial charge in [0.25, 0.3) is 0 Å². The number of nitrogens with zero attached hydrogens (tertiary/aromatic N) is 2. The van der Waals surface area contributed by atoms with E-state index < -0.39 is 0 Å². The van der Waals surface area contributed by atoms with Crippen LogP contribution in [0.15, 0.2) is 12.3 Å². The van der Waals surface area contributed by atoms with Crippen LogP contribution < -0.4 is 10.6 Å². The molecule has 1 heterocycles. The largest absolute Gasteiger partial charge is 0.395 e. The summed E-state index contributed by atoms with van der Waals surface area (Å²) < 4.78 is 0. The van der Waals surface area contributed by atoms with Crippen LogP contribution in [0.1, 0.15) is 24.0 Å². The molecule has 1 aliphatic rings. The number of pyridine rings is 1. The van der Waals surface area contributed by atoms with Crippen LogP contribution >= 0.6 is 12.2 Å². The number of nitrogens with two attached hydrogens (primary N) is 1. The van der Waals surface area contributed by atoms with E-state index in [9.17, 15) is 0 Å². The Kier molecular flexibility index (Phi) is 3.59. The molecule has 2 rings (SSSR count). The molecular formula is C12H17N3OS. The molecule has 3 N–H and O–H groups in total. The molecule has 0 aliphatic heterocycles. The molecule has 0 spiro atoms. The lowest BCUT2D eigenvalue weighted by Gasteiger charge is -2.25. The summed E-state index contributed by atoms with van der Waals surface area (Å²) in [5.41, 5.74) is 7.64. The molecule has 1 aromatic heterocycles. The van der Waals surface area contributed by atoms with Crippen LogP contribution in [0.2, 0.25) is 0 Å². The average Bonchev–Trinajstić information content (AvgIpc) is 3.08. The first-order valence-corrected chi connectivity index (χ1v) is 6.19. The lowest BCUT2D eigenvalue weighted by molar-refractivity contribution is 0.301. The van der Waals surface area contributed by atoms with Crippen molar-refractivity contribution in [3.8, 4) is 0 Å². The van der Waals surface area contributed by atoms with Crippen LogP contribution in [0.5, 0.6) is 0 Å². The molecule has 1 fully saturated rings. The van der Waals surface area contributed by atoms with E-state index in [1.807, 2.05) is 13.0 Å². The Morgan fingerprint density at radius 1 is 1.65 bits per heavy atom. The van der Waals surface area contributed by atoms with Crippen molar-refractivity contribution < 1.29 is 5.11 Å². The molecule has 0 radical (unpaired) electrons. The molecule has 1 aromatic rings. The van der Waals surface area contributed by atoms with Crippen molar-refractivity contribution in [2.24, 2.45) is 5.73 Å². The number of hydrogen-bond acceptors (Lipinski definition) is 4. The van der Waals surface area contributed by atoms with Crippen LogP contribution in [0.3, 0.4) is 0 Å². The highest BCUT2D eigenvalue weighted by Crippen LogP contribution is 2.32. The molecule has 0 atom stereocenters. The van der Waals surface area contributed by atoms with Crippen molar-refractivity contribution in [1.29, 1.82) is 0 Å². The van der Waals surface area contributed by atoms with Gasteiger partial charge < -0.3 is 15.7 Å². The lowest BCUT2D eigenvalue weighted by atomic mass is 10.1. The van der Waals surface area contributed by atoms with Crippen molar-refractivity contribution >= 4 is 23.0 Å². The summed E-state index contributed by atoms with van der Waals surface area (Å²) in [6, 6.07) is 2.38. The summed E-state index contributed by atoms with van der Waals surface area (Å²) in [5.74, 6) is 0.814. The topological polar surface area (TPSA) is 62.4 Å². The number of aliphatic hydroxyl groups excluding tert-OH is 1. The lowest BCUT2D eigenvalue weighted by Crippen LogP contribution is -2.32. The SMILES string of the molecule is Cc1ccnc(N(CCO)C2CC2)c1C(N)=S. The van der Waals surface area contributed by atoms with Gasteiger partial charge in [-0.25, -0.2) is 4.98 Å². The van der Waals surface area contributed by atoms with E-state index >= 15 is 0 Å². The average molecular weight is 251 g/mol. The van der Waals surface area contributed by atoms with E-state index in [2.05, 4.69) is 9.88 Å². The van der Waals surface area contributed by atoms with E-state index in [0.29, 0.717) is 17.6 Å². The van der Waals surface area contributed by atoms with Gasteiger partial charge in [0.2, 0.25) is 0 Å². The molecule has 0 bridgehead atoms. The predicted octanol–water partition coefficient (Wildman–Crippen LogP) is 0.985. The second-order valence-electron chi connectivity index (χ2n) is 4.34. The van der Waals surface area contributed by atoms with E-state index in [-0.39, 0.29) is 6.61 Å². The predicted molar refractivity (Wildman–Crippen MR) is 72.3 cm³/mol. The summed E-state index contributed by atoms with van der Waals surface area (Å²) in [5, 5.41) is 9.14. The zero-order chi connectivity index (χ0) is 12.4. The van der Waals surface area contributed by atoms with Gasteiger partial charge in [0.1, 0.15) is 10.8 Å². The minimum absolute atomic E-state index is 0.114. The van der Waals surface area contributed by atoms with E-state index in [4.69, 9.17) is 23.1 Å². The van der Waals surface area contributed by atoms with Crippen LogP contribution in [0.4, 0.5) is 5.82 Å². The van der Waals surface area contributed by atoms with Gasteiger partial charge in [-0.05, 0) is 31.4 Å². The zero-order valence-corrected chi connectivity index (χ0v) is 10.7. The molecule has 92 valence electrons. The third-order valence-electron chi connectivity index (χ3n) is 2.99. The fourth-order valence-electron chi connectivity index (χ4n) is 2.02. The van der Waals surface area contributed by atoms with Crippen LogP contribution in [0.25, 0.3) is 0 Å². The van der Waals surface area contributed by atoms with Gasteiger partial charge in [-0.3, -0.25) is 0 Å². The summed E-state index contributed by atoms with van der Waals surface area (Å²) >= 11 is 5.10. The smallest absolute Gasteiger partial charge is 0.139 e. The Morgan fingerprint density at radius 2 is 2.35 bits per heavy atom. The highest BCUT2D eigenvalue weighted by molar-refractivity contribution is 7.80. The molecule has 4 nitrogen and oxygen atoms in total. The van der Waals surface area contributed by atoms with Gasteiger partial charge in [0, 0.05) is 18.8 Å². The Morgan fingerprint density at radius 3 is 2.88 bits per heavy atom. The van der Waals surface area contributed by atoms with Crippen molar-refractivity contribution in [2.75, 3.05) is 18.1 Å². The second kappa shape index (κ2) is 4.98. The van der Waals surface area contributed by atoms with E-state index in [1.54, 1.807) is 6.20 Å².